The molecule has 0 atom stereocenters. The van der Waals surface area contributed by atoms with Gasteiger partial charge in [0.25, 0.3) is 0 Å². The number of rotatable bonds is 3. The van der Waals surface area contributed by atoms with E-state index in [2.05, 4.69) is 0 Å². The summed E-state index contributed by atoms with van der Waals surface area (Å²) in [5.74, 6) is -0.135. The number of hydrogen-bond acceptors (Lipinski definition) is 2. The maximum Gasteiger partial charge on any atom is 0.329 e. The lowest BCUT2D eigenvalue weighted by molar-refractivity contribution is -0.118. The molecule has 0 spiro atoms. The third kappa shape index (κ3) is 2.30. The predicted molar refractivity (Wildman–Crippen MR) is 87.0 cm³/mol. The van der Waals surface area contributed by atoms with Gasteiger partial charge in [0, 0.05) is 19.8 Å². The third-order valence-electron chi connectivity index (χ3n) is 3.86. The lowest BCUT2D eigenvalue weighted by Gasteiger charge is -2.17. The van der Waals surface area contributed by atoms with Gasteiger partial charge >= 0.3 is 5.69 Å². The molecule has 1 aromatic heterocycles. The van der Waals surface area contributed by atoms with Crippen LogP contribution in [0.3, 0.4) is 0 Å². The highest BCUT2D eigenvalue weighted by molar-refractivity contribution is 5.93. The van der Waals surface area contributed by atoms with Gasteiger partial charge in [-0.05, 0) is 24.3 Å². The van der Waals surface area contributed by atoms with E-state index in [0.717, 1.165) is 16.7 Å². The average molecular weight is 295 g/mol. The van der Waals surface area contributed by atoms with Crippen LogP contribution in [-0.4, -0.2) is 22.1 Å². The van der Waals surface area contributed by atoms with Gasteiger partial charge in [-0.3, -0.25) is 13.9 Å². The SMILES string of the molecule is CN(C(=O)Cn1c(=O)n(C)c2ccccc21)c1ccccc1. The van der Waals surface area contributed by atoms with Gasteiger partial charge in [-0.2, -0.15) is 0 Å². The minimum atomic E-state index is -0.184. The second-order valence-corrected chi connectivity index (χ2v) is 5.20. The summed E-state index contributed by atoms with van der Waals surface area (Å²) >= 11 is 0. The summed E-state index contributed by atoms with van der Waals surface area (Å²) < 4.78 is 3.07. The summed E-state index contributed by atoms with van der Waals surface area (Å²) in [5.41, 5.74) is 2.21. The number of aryl methyl sites for hydroxylation is 1. The molecular weight excluding hydrogens is 278 g/mol. The van der Waals surface area contributed by atoms with Crippen LogP contribution in [0, 0.1) is 0 Å². The van der Waals surface area contributed by atoms with Crippen molar-refractivity contribution in [2.75, 3.05) is 11.9 Å². The number of benzene rings is 2. The van der Waals surface area contributed by atoms with Gasteiger partial charge in [-0.1, -0.05) is 30.3 Å². The topological polar surface area (TPSA) is 47.2 Å². The summed E-state index contributed by atoms with van der Waals surface area (Å²) in [6.45, 7) is 0.0194. The monoisotopic (exact) mass is 295 g/mol. The fraction of sp³-hybridized carbons (Fsp3) is 0.176. The van der Waals surface area contributed by atoms with Gasteiger partial charge in [0.2, 0.25) is 5.91 Å². The number of nitrogens with zero attached hydrogens (tertiary/aromatic N) is 3. The number of anilines is 1. The number of likely N-dealkylation sites (N-methyl/N-ethyl adjacent to an activating group) is 1. The number of carbonyl (C=O) groups is 1. The van der Waals surface area contributed by atoms with Crippen molar-refractivity contribution >= 4 is 22.6 Å². The van der Waals surface area contributed by atoms with E-state index in [-0.39, 0.29) is 18.1 Å². The zero-order valence-electron chi connectivity index (χ0n) is 12.6. The number of hydrogen-bond donors (Lipinski definition) is 0. The van der Waals surface area contributed by atoms with Crippen molar-refractivity contribution < 1.29 is 4.79 Å². The van der Waals surface area contributed by atoms with E-state index in [9.17, 15) is 9.59 Å². The molecule has 0 N–H and O–H groups in total. The van der Waals surface area contributed by atoms with Crippen LogP contribution < -0.4 is 10.6 Å². The number of carbonyl (C=O) groups excluding carboxylic acids is 1. The number of imidazole rings is 1. The summed E-state index contributed by atoms with van der Waals surface area (Å²) in [4.78, 5) is 26.4. The van der Waals surface area contributed by atoms with Gasteiger partial charge in [0.15, 0.2) is 0 Å². The van der Waals surface area contributed by atoms with Crippen LogP contribution in [-0.2, 0) is 18.4 Å². The Bertz CT molecular complexity index is 878. The Morgan fingerprint density at radius 3 is 2.27 bits per heavy atom. The quantitative estimate of drug-likeness (QED) is 0.742. The Kier molecular flexibility index (Phi) is 3.55. The lowest BCUT2D eigenvalue weighted by atomic mass is 10.3. The first-order valence-corrected chi connectivity index (χ1v) is 7.05. The molecule has 2 aromatic carbocycles. The molecule has 0 unspecified atom stereocenters. The normalized spacial score (nSPS) is 10.8. The van der Waals surface area contributed by atoms with E-state index >= 15 is 0 Å². The average Bonchev–Trinajstić information content (AvgIpc) is 2.80. The molecule has 3 aromatic rings. The molecule has 112 valence electrons. The molecule has 0 saturated carbocycles. The molecule has 3 rings (SSSR count). The van der Waals surface area contributed by atoms with Crippen molar-refractivity contribution in [2.45, 2.75) is 6.54 Å². The van der Waals surface area contributed by atoms with Crippen LogP contribution in [0.4, 0.5) is 5.69 Å². The second kappa shape index (κ2) is 5.52. The van der Waals surface area contributed by atoms with E-state index in [1.807, 2.05) is 54.6 Å². The highest BCUT2D eigenvalue weighted by Crippen LogP contribution is 2.14. The molecule has 0 saturated heterocycles. The maximum absolute atomic E-state index is 12.5. The maximum atomic E-state index is 12.5. The molecule has 1 heterocycles. The van der Waals surface area contributed by atoms with Gasteiger partial charge in [0.05, 0.1) is 11.0 Å². The van der Waals surface area contributed by atoms with Crippen LogP contribution in [0.1, 0.15) is 0 Å². The molecule has 0 radical (unpaired) electrons. The zero-order valence-corrected chi connectivity index (χ0v) is 12.6. The Morgan fingerprint density at radius 1 is 1.00 bits per heavy atom. The molecule has 0 fully saturated rings. The summed E-state index contributed by atoms with van der Waals surface area (Å²) in [7, 11) is 3.43. The molecule has 1 amide bonds. The van der Waals surface area contributed by atoms with Crippen molar-refractivity contribution in [3.05, 3.63) is 65.1 Å². The highest BCUT2D eigenvalue weighted by Gasteiger charge is 2.16. The van der Waals surface area contributed by atoms with E-state index in [4.69, 9.17) is 0 Å². The van der Waals surface area contributed by atoms with Crippen LogP contribution in [0.15, 0.2) is 59.4 Å². The second-order valence-electron chi connectivity index (χ2n) is 5.20. The Balaban J connectivity index is 1.95. The first-order chi connectivity index (χ1) is 10.6. The molecular formula is C17H17N3O2. The Labute approximate surface area is 128 Å². The molecule has 0 bridgehead atoms. The Morgan fingerprint density at radius 2 is 1.59 bits per heavy atom. The number of para-hydroxylation sites is 3. The van der Waals surface area contributed by atoms with Crippen molar-refractivity contribution in [2.24, 2.45) is 7.05 Å². The molecule has 0 aliphatic heterocycles. The molecule has 0 aliphatic rings. The van der Waals surface area contributed by atoms with Gasteiger partial charge in [0.1, 0.15) is 6.54 Å². The smallest absolute Gasteiger partial charge is 0.314 e. The molecule has 22 heavy (non-hydrogen) atoms. The standard InChI is InChI=1S/C17H17N3O2/c1-18(13-8-4-3-5-9-13)16(21)12-20-15-11-7-6-10-14(15)19(2)17(20)22/h3-11H,12H2,1-2H3. The Hall–Kier alpha value is -2.82. The molecule has 0 aliphatic carbocycles. The van der Waals surface area contributed by atoms with E-state index in [1.165, 1.54) is 4.57 Å². The van der Waals surface area contributed by atoms with Crippen LogP contribution in [0.2, 0.25) is 0 Å². The highest BCUT2D eigenvalue weighted by atomic mass is 16.2. The van der Waals surface area contributed by atoms with Crippen molar-refractivity contribution in [1.82, 2.24) is 9.13 Å². The van der Waals surface area contributed by atoms with Crippen LogP contribution in [0.5, 0.6) is 0 Å². The summed E-state index contributed by atoms with van der Waals surface area (Å²) in [6.07, 6.45) is 0. The van der Waals surface area contributed by atoms with Crippen LogP contribution >= 0.6 is 0 Å². The van der Waals surface area contributed by atoms with Crippen molar-refractivity contribution in [1.29, 1.82) is 0 Å². The van der Waals surface area contributed by atoms with Gasteiger partial charge < -0.3 is 4.90 Å². The van der Waals surface area contributed by atoms with E-state index in [1.54, 1.807) is 23.6 Å². The van der Waals surface area contributed by atoms with E-state index < -0.39 is 0 Å². The first kappa shape index (κ1) is 14.1. The number of fused-ring (bicyclic) bond motifs is 1. The van der Waals surface area contributed by atoms with E-state index in [0.29, 0.717) is 0 Å². The first-order valence-electron chi connectivity index (χ1n) is 7.05. The van der Waals surface area contributed by atoms with Gasteiger partial charge in [-0.15, -0.1) is 0 Å². The third-order valence-corrected chi connectivity index (χ3v) is 3.86. The zero-order chi connectivity index (χ0) is 15.7. The molecule has 5 heteroatoms. The van der Waals surface area contributed by atoms with Crippen molar-refractivity contribution in [3.63, 3.8) is 0 Å². The predicted octanol–water partition coefficient (Wildman–Crippen LogP) is 2.00. The fourth-order valence-electron chi connectivity index (χ4n) is 2.55. The minimum Gasteiger partial charge on any atom is -0.314 e. The lowest BCUT2D eigenvalue weighted by Crippen LogP contribution is -2.34. The largest absolute Gasteiger partial charge is 0.329 e. The van der Waals surface area contributed by atoms with Crippen molar-refractivity contribution in [3.8, 4) is 0 Å². The number of amides is 1. The number of aromatic nitrogens is 2. The molecule has 5 nitrogen and oxygen atoms in total. The summed E-state index contributed by atoms with van der Waals surface area (Å²) in [5, 5.41) is 0. The summed E-state index contributed by atoms with van der Waals surface area (Å²) in [6, 6.07) is 16.9. The van der Waals surface area contributed by atoms with Gasteiger partial charge in [-0.25, -0.2) is 4.79 Å². The fourth-order valence-corrected chi connectivity index (χ4v) is 2.55. The van der Waals surface area contributed by atoms with Crippen LogP contribution in [0.25, 0.3) is 11.0 Å². The minimum absolute atomic E-state index is 0.0194.